The number of benzene rings is 2. The number of amides is 3. The fraction of sp³-hybridized carbons (Fsp3) is 0.400. The van der Waals surface area contributed by atoms with E-state index in [1.165, 1.54) is 0 Å². The number of carbonyl (C=O) groups is 3. The van der Waals surface area contributed by atoms with E-state index in [1.54, 1.807) is 54.5 Å². The van der Waals surface area contributed by atoms with Gasteiger partial charge in [0.25, 0.3) is 11.8 Å². The predicted octanol–water partition coefficient (Wildman–Crippen LogP) is 2.48. The predicted molar refractivity (Wildman–Crippen MR) is 129 cm³/mol. The SMILES string of the molecule is COCCNC(=O)C(NC(=O)c1ccc2c(c1)OCO2)C1CCN(C(=O)c2ccc(Cl)cc2)CC1. The molecule has 0 aliphatic carbocycles. The van der Waals surface area contributed by atoms with Crippen LogP contribution >= 0.6 is 11.6 Å². The molecule has 9 nitrogen and oxygen atoms in total. The van der Waals surface area contributed by atoms with E-state index in [4.69, 9.17) is 25.8 Å². The molecule has 1 atom stereocenters. The minimum Gasteiger partial charge on any atom is -0.454 e. The maximum atomic E-state index is 13.0. The van der Waals surface area contributed by atoms with Crippen molar-refractivity contribution in [3.8, 4) is 11.5 Å². The molecule has 2 aromatic rings. The number of ether oxygens (including phenoxy) is 3. The highest BCUT2D eigenvalue weighted by Gasteiger charge is 2.34. The first kappa shape index (κ1) is 24.8. The van der Waals surface area contributed by atoms with E-state index in [1.807, 2.05) is 0 Å². The molecule has 0 spiro atoms. The second kappa shape index (κ2) is 11.4. The highest BCUT2D eigenvalue weighted by Crippen LogP contribution is 2.32. The van der Waals surface area contributed by atoms with E-state index in [9.17, 15) is 14.4 Å². The van der Waals surface area contributed by atoms with Crippen molar-refractivity contribution in [3.63, 3.8) is 0 Å². The number of nitrogens with zero attached hydrogens (tertiary/aromatic N) is 1. The van der Waals surface area contributed by atoms with Crippen LogP contribution in [0.15, 0.2) is 42.5 Å². The summed E-state index contributed by atoms with van der Waals surface area (Å²) >= 11 is 5.93. The molecule has 2 heterocycles. The number of likely N-dealkylation sites (tertiary alicyclic amines) is 1. The summed E-state index contributed by atoms with van der Waals surface area (Å²) in [5.74, 6) is 0.199. The number of hydrogen-bond acceptors (Lipinski definition) is 6. The lowest BCUT2D eigenvalue weighted by molar-refractivity contribution is -0.124. The Morgan fingerprint density at radius 2 is 1.74 bits per heavy atom. The monoisotopic (exact) mass is 501 g/mol. The van der Waals surface area contributed by atoms with Gasteiger partial charge in [-0.15, -0.1) is 0 Å². The summed E-state index contributed by atoms with van der Waals surface area (Å²) in [6.07, 6.45) is 1.15. The van der Waals surface area contributed by atoms with Gasteiger partial charge >= 0.3 is 0 Å². The molecule has 35 heavy (non-hydrogen) atoms. The molecule has 2 aromatic carbocycles. The van der Waals surface area contributed by atoms with E-state index >= 15 is 0 Å². The molecule has 186 valence electrons. The summed E-state index contributed by atoms with van der Waals surface area (Å²) in [6.45, 7) is 1.77. The van der Waals surface area contributed by atoms with Gasteiger partial charge in [-0.2, -0.15) is 0 Å². The first-order chi connectivity index (χ1) is 17.0. The number of halogens is 1. The summed E-state index contributed by atoms with van der Waals surface area (Å²) < 4.78 is 15.7. The smallest absolute Gasteiger partial charge is 0.253 e. The molecule has 2 aliphatic heterocycles. The van der Waals surface area contributed by atoms with Crippen LogP contribution in [0.3, 0.4) is 0 Å². The number of piperidine rings is 1. The Kier molecular flexibility index (Phi) is 8.09. The van der Waals surface area contributed by atoms with E-state index in [-0.39, 0.29) is 30.4 Å². The Labute approximate surface area is 208 Å². The summed E-state index contributed by atoms with van der Waals surface area (Å²) in [4.78, 5) is 40.7. The Balaban J connectivity index is 1.42. The maximum absolute atomic E-state index is 13.0. The minimum atomic E-state index is -0.752. The first-order valence-corrected chi connectivity index (χ1v) is 11.9. The van der Waals surface area contributed by atoms with Gasteiger partial charge in [0.15, 0.2) is 11.5 Å². The highest BCUT2D eigenvalue weighted by atomic mass is 35.5. The molecule has 4 rings (SSSR count). The van der Waals surface area contributed by atoms with Crippen LogP contribution in [0.1, 0.15) is 33.6 Å². The van der Waals surface area contributed by atoms with Crippen molar-refractivity contribution < 1.29 is 28.6 Å². The second-order valence-electron chi connectivity index (χ2n) is 8.44. The fourth-order valence-electron chi connectivity index (χ4n) is 4.26. The molecular formula is C25H28ClN3O6. The lowest BCUT2D eigenvalue weighted by Gasteiger charge is -2.36. The zero-order chi connectivity index (χ0) is 24.8. The number of rotatable bonds is 8. The molecule has 1 unspecified atom stereocenters. The van der Waals surface area contributed by atoms with Crippen LogP contribution in [0, 0.1) is 5.92 Å². The molecular weight excluding hydrogens is 474 g/mol. The number of carbonyl (C=O) groups excluding carboxylic acids is 3. The van der Waals surface area contributed by atoms with Crippen molar-refractivity contribution in [3.05, 3.63) is 58.6 Å². The average Bonchev–Trinajstić information content (AvgIpc) is 3.35. The molecule has 1 saturated heterocycles. The Morgan fingerprint density at radius 1 is 1.06 bits per heavy atom. The van der Waals surface area contributed by atoms with Gasteiger partial charge in [-0.05, 0) is 61.2 Å². The standard InChI is InChI=1S/C25H28ClN3O6/c1-33-13-10-27-24(31)22(28-23(30)18-4-7-20-21(14-18)35-15-34-20)16-8-11-29(12-9-16)25(32)17-2-5-19(26)6-3-17/h2-7,14,16,22H,8-13,15H2,1H3,(H,27,31)(H,28,30). The van der Waals surface area contributed by atoms with Gasteiger partial charge in [-0.3, -0.25) is 14.4 Å². The van der Waals surface area contributed by atoms with Gasteiger partial charge in [-0.25, -0.2) is 0 Å². The average molecular weight is 502 g/mol. The van der Waals surface area contributed by atoms with Crippen molar-refractivity contribution in [2.24, 2.45) is 5.92 Å². The third-order valence-corrected chi connectivity index (χ3v) is 6.45. The van der Waals surface area contributed by atoms with Gasteiger partial charge in [0.1, 0.15) is 6.04 Å². The van der Waals surface area contributed by atoms with Crippen molar-refractivity contribution in [1.29, 1.82) is 0 Å². The number of fused-ring (bicyclic) bond motifs is 1. The summed E-state index contributed by atoms with van der Waals surface area (Å²) in [6, 6.07) is 10.9. The number of hydrogen-bond donors (Lipinski definition) is 2. The number of nitrogens with one attached hydrogen (secondary N) is 2. The quantitative estimate of drug-likeness (QED) is 0.538. The molecule has 2 aliphatic rings. The topological polar surface area (TPSA) is 106 Å². The fourth-order valence-corrected chi connectivity index (χ4v) is 4.38. The summed E-state index contributed by atoms with van der Waals surface area (Å²) in [5.41, 5.74) is 0.942. The summed E-state index contributed by atoms with van der Waals surface area (Å²) in [5, 5.41) is 6.29. The first-order valence-electron chi connectivity index (χ1n) is 11.5. The molecule has 0 saturated carbocycles. The maximum Gasteiger partial charge on any atom is 0.253 e. The molecule has 0 aromatic heterocycles. The summed E-state index contributed by atoms with van der Waals surface area (Å²) in [7, 11) is 1.55. The lowest BCUT2D eigenvalue weighted by Crippen LogP contribution is -2.54. The normalized spacial score (nSPS) is 16.0. The van der Waals surface area contributed by atoms with Crippen molar-refractivity contribution in [2.75, 3.05) is 40.1 Å². The van der Waals surface area contributed by atoms with E-state index in [0.717, 1.165) is 0 Å². The highest BCUT2D eigenvalue weighted by molar-refractivity contribution is 6.30. The minimum absolute atomic E-state index is 0.0781. The lowest BCUT2D eigenvalue weighted by atomic mass is 9.88. The largest absolute Gasteiger partial charge is 0.454 e. The van der Waals surface area contributed by atoms with Crippen LogP contribution in [0.5, 0.6) is 11.5 Å². The molecule has 2 N–H and O–H groups in total. The zero-order valence-corrected chi connectivity index (χ0v) is 20.2. The van der Waals surface area contributed by atoms with Crippen LogP contribution < -0.4 is 20.1 Å². The van der Waals surface area contributed by atoms with Crippen molar-refractivity contribution in [2.45, 2.75) is 18.9 Å². The van der Waals surface area contributed by atoms with Gasteiger partial charge < -0.3 is 29.7 Å². The third kappa shape index (κ3) is 6.04. The van der Waals surface area contributed by atoms with Crippen LogP contribution in [0.2, 0.25) is 5.02 Å². The van der Waals surface area contributed by atoms with Crippen molar-refractivity contribution >= 4 is 29.3 Å². The molecule has 1 fully saturated rings. The molecule has 10 heteroatoms. The third-order valence-electron chi connectivity index (χ3n) is 6.20. The molecule has 0 bridgehead atoms. The van der Waals surface area contributed by atoms with Gasteiger partial charge in [-0.1, -0.05) is 11.6 Å². The van der Waals surface area contributed by atoms with Gasteiger partial charge in [0.05, 0.1) is 6.61 Å². The van der Waals surface area contributed by atoms with Gasteiger partial charge in [0.2, 0.25) is 12.7 Å². The molecule has 0 radical (unpaired) electrons. The Morgan fingerprint density at radius 3 is 2.46 bits per heavy atom. The van der Waals surface area contributed by atoms with Crippen LogP contribution in [-0.2, 0) is 9.53 Å². The van der Waals surface area contributed by atoms with E-state index in [2.05, 4.69) is 10.6 Å². The van der Waals surface area contributed by atoms with Crippen molar-refractivity contribution in [1.82, 2.24) is 15.5 Å². The zero-order valence-electron chi connectivity index (χ0n) is 19.4. The Bertz CT molecular complexity index is 1070. The van der Waals surface area contributed by atoms with Crippen LogP contribution in [-0.4, -0.2) is 68.8 Å². The van der Waals surface area contributed by atoms with Crippen LogP contribution in [0.25, 0.3) is 0 Å². The van der Waals surface area contributed by atoms with Crippen LogP contribution in [0.4, 0.5) is 0 Å². The van der Waals surface area contributed by atoms with Gasteiger partial charge in [0, 0.05) is 42.9 Å². The number of methoxy groups -OCH3 is 1. The Hall–Kier alpha value is -3.30. The van der Waals surface area contributed by atoms with E-state index in [0.29, 0.717) is 66.7 Å². The van der Waals surface area contributed by atoms with E-state index < -0.39 is 6.04 Å². The molecule has 3 amide bonds. The second-order valence-corrected chi connectivity index (χ2v) is 8.88.